The average Bonchev–Trinajstić information content (AvgIpc) is 2.39. The lowest BCUT2D eigenvalue weighted by Crippen LogP contribution is -2.24. The first-order valence-corrected chi connectivity index (χ1v) is 6.58. The highest BCUT2D eigenvalue weighted by atomic mass is 35.5. The fraction of sp³-hybridized carbons (Fsp3) is 0.188. The molecule has 19 heavy (non-hydrogen) atoms. The molecule has 2 aromatic rings. The molecular formula is C16H16ClNO. The Balaban J connectivity index is 1.90. The van der Waals surface area contributed by atoms with Crippen LogP contribution in [0.2, 0.25) is 5.02 Å². The Morgan fingerprint density at radius 3 is 2.68 bits per heavy atom. The zero-order valence-electron chi connectivity index (χ0n) is 10.8. The van der Waals surface area contributed by atoms with Crippen LogP contribution in [-0.4, -0.2) is 5.91 Å². The third-order valence-electron chi connectivity index (χ3n) is 2.99. The van der Waals surface area contributed by atoms with Crippen molar-refractivity contribution in [3.05, 3.63) is 70.2 Å². The summed E-state index contributed by atoms with van der Waals surface area (Å²) >= 11 is 5.90. The third kappa shape index (κ3) is 4.11. The number of hydrogen-bond donors (Lipinski definition) is 1. The Bertz CT molecular complexity index is 580. The predicted molar refractivity (Wildman–Crippen MR) is 78.2 cm³/mol. The molecule has 0 aliphatic heterocycles. The Kier molecular flexibility index (Phi) is 4.58. The van der Waals surface area contributed by atoms with Crippen molar-refractivity contribution in [3.8, 4) is 0 Å². The lowest BCUT2D eigenvalue weighted by Gasteiger charge is -2.07. The number of carbonyl (C=O) groups excluding carboxylic acids is 1. The van der Waals surface area contributed by atoms with Gasteiger partial charge in [-0.1, -0.05) is 48.0 Å². The highest BCUT2D eigenvalue weighted by Crippen LogP contribution is 2.11. The topological polar surface area (TPSA) is 29.1 Å². The van der Waals surface area contributed by atoms with Crippen LogP contribution in [-0.2, 0) is 17.8 Å². The van der Waals surface area contributed by atoms with Crippen LogP contribution < -0.4 is 5.32 Å². The third-order valence-corrected chi connectivity index (χ3v) is 3.23. The molecule has 0 atom stereocenters. The van der Waals surface area contributed by atoms with Gasteiger partial charge in [-0.25, -0.2) is 0 Å². The largest absolute Gasteiger partial charge is 0.352 e. The van der Waals surface area contributed by atoms with Crippen molar-refractivity contribution in [1.82, 2.24) is 5.32 Å². The summed E-state index contributed by atoms with van der Waals surface area (Å²) in [6.07, 6.45) is 0.410. The smallest absolute Gasteiger partial charge is 0.224 e. The number of nitrogens with one attached hydrogen (secondary N) is 1. The molecule has 0 spiro atoms. The zero-order valence-corrected chi connectivity index (χ0v) is 11.6. The maximum absolute atomic E-state index is 11.9. The molecule has 0 radical (unpaired) electrons. The fourth-order valence-electron chi connectivity index (χ4n) is 1.89. The summed E-state index contributed by atoms with van der Waals surface area (Å²) in [4.78, 5) is 11.9. The van der Waals surface area contributed by atoms with E-state index in [0.29, 0.717) is 18.0 Å². The summed E-state index contributed by atoms with van der Waals surface area (Å²) < 4.78 is 0. The first-order valence-electron chi connectivity index (χ1n) is 6.21. The number of halogens is 1. The molecular weight excluding hydrogens is 258 g/mol. The fourth-order valence-corrected chi connectivity index (χ4v) is 2.10. The van der Waals surface area contributed by atoms with Crippen molar-refractivity contribution in [2.75, 3.05) is 0 Å². The molecule has 0 aromatic heterocycles. The highest BCUT2D eigenvalue weighted by molar-refractivity contribution is 6.30. The summed E-state index contributed by atoms with van der Waals surface area (Å²) in [6, 6.07) is 15.4. The number of aryl methyl sites for hydroxylation is 1. The van der Waals surface area contributed by atoms with Crippen LogP contribution in [0, 0.1) is 6.92 Å². The number of hydrogen-bond acceptors (Lipinski definition) is 1. The van der Waals surface area contributed by atoms with Crippen molar-refractivity contribution in [1.29, 1.82) is 0 Å². The lowest BCUT2D eigenvalue weighted by atomic mass is 10.1. The van der Waals surface area contributed by atoms with Crippen LogP contribution in [0.15, 0.2) is 48.5 Å². The molecule has 1 N–H and O–H groups in total. The van der Waals surface area contributed by atoms with Crippen LogP contribution in [0.5, 0.6) is 0 Å². The van der Waals surface area contributed by atoms with Gasteiger partial charge < -0.3 is 5.32 Å². The minimum absolute atomic E-state index is 0.0225. The Hall–Kier alpha value is -1.80. The molecule has 2 nitrogen and oxygen atoms in total. The van der Waals surface area contributed by atoms with Crippen molar-refractivity contribution in [2.45, 2.75) is 19.9 Å². The SMILES string of the molecule is Cc1ccccc1CC(=O)NCc1cccc(Cl)c1. The van der Waals surface area contributed by atoms with E-state index in [4.69, 9.17) is 11.6 Å². The van der Waals surface area contributed by atoms with Crippen LogP contribution in [0.25, 0.3) is 0 Å². The van der Waals surface area contributed by atoms with E-state index in [0.717, 1.165) is 16.7 Å². The normalized spacial score (nSPS) is 10.2. The molecule has 2 rings (SSSR count). The monoisotopic (exact) mass is 273 g/mol. The van der Waals surface area contributed by atoms with Crippen molar-refractivity contribution < 1.29 is 4.79 Å². The first-order chi connectivity index (χ1) is 9.15. The molecule has 98 valence electrons. The van der Waals surface area contributed by atoms with E-state index in [9.17, 15) is 4.79 Å². The van der Waals surface area contributed by atoms with E-state index < -0.39 is 0 Å². The molecule has 0 bridgehead atoms. The molecule has 2 aromatic carbocycles. The molecule has 0 aliphatic carbocycles. The number of rotatable bonds is 4. The maximum Gasteiger partial charge on any atom is 0.224 e. The highest BCUT2D eigenvalue weighted by Gasteiger charge is 2.05. The summed E-state index contributed by atoms with van der Waals surface area (Å²) in [5.41, 5.74) is 3.21. The van der Waals surface area contributed by atoms with Gasteiger partial charge >= 0.3 is 0 Å². The standard InChI is InChI=1S/C16H16ClNO/c1-12-5-2-3-7-14(12)10-16(19)18-11-13-6-4-8-15(17)9-13/h2-9H,10-11H2,1H3,(H,18,19). The van der Waals surface area contributed by atoms with E-state index >= 15 is 0 Å². The first kappa shape index (κ1) is 13.6. The van der Waals surface area contributed by atoms with Gasteiger partial charge in [0.15, 0.2) is 0 Å². The van der Waals surface area contributed by atoms with E-state index in [-0.39, 0.29) is 5.91 Å². The van der Waals surface area contributed by atoms with Gasteiger partial charge in [-0.3, -0.25) is 4.79 Å². The van der Waals surface area contributed by atoms with Crippen LogP contribution in [0.1, 0.15) is 16.7 Å². The van der Waals surface area contributed by atoms with Gasteiger partial charge in [0.05, 0.1) is 6.42 Å². The van der Waals surface area contributed by atoms with Gasteiger partial charge in [-0.05, 0) is 35.7 Å². The van der Waals surface area contributed by atoms with Gasteiger partial charge in [0.25, 0.3) is 0 Å². The molecule has 0 saturated heterocycles. The van der Waals surface area contributed by atoms with Crippen LogP contribution >= 0.6 is 11.6 Å². The van der Waals surface area contributed by atoms with Crippen molar-refractivity contribution in [2.24, 2.45) is 0 Å². The second kappa shape index (κ2) is 6.39. The summed E-state index contributed by atoms with van der Waals surface area (Å²) in [6.45, 7) is 2.52. The maximum atomic E-state index is 11.9. The van der Waals surface area contributed by atoms with E-state index in [1.54, 1.807) is 0 Å². The van der Waals surface area contributed by atoms with Crippen LogP contribution in [0.4, 0.5) is 0 Å². The molecule has 0 aliphatic rings. The number of carbonyl (C=O) groups is 1. The number of benzene rings is 2. The predicted octanol–water partition coefficient (Wildman–Crippen LogP) is 3.51. The van der Waals surface area contributed by atoms with Gasteiger partial charge in [-0.2, -0.15) is 0 Å². The average molecular weight is 274 g/mol. The van der Waals surface area contributed by atoms with Crippen molar-refractivity contribution in [3.63, 3.8) is 0 Å². The quantitative estimate of drug-likeness (QED) is 0.907. The molecule has 1 amide bonds. The second-order valence-electron chi connectivity index (χ2n) is 4.51. The van der Waals surface area contributed by atoms with Crippen LogP contribution in [0.3, 0.4) is 0 Å². The molecule has 0 unspecified atom stereocenters. The van der Waals surface area contributed by atoms with E-state index in [2.05, 4.69) is 5.32 Å². The van der Waals surface area contributed by atoms with E-state index in [1.165, 1.54) is 0 Å². The Labute approximate surface area is 118 Å². The zero-order chi connectivity index (χ0) is 13.7. The minimum atomic E-state index is 0.0225. The molecule has 3 heteroatoms. The van der Waals surface area contributed by atoms with E-state index in [1.807, 2.05) is 55.5 Å². The molecule has 0 saturated carbocycles. The lowest BCUT2D eigenvalue weighted by molar-refractivity contribution is -0.120. The van der Waals surface area contributed by atoms with Gasteiger partial charge in [0.1, 0.15) is 0 Å². The van der Waals surface area contributed by atoms with Gasteiger partial charge in [0.2, 0.25) is 5.91 Å². The Morgan fingerprint density at radius 1 is 1.16 bits per heavy atom. The molecule has 0 fully saturated rings. The van der Waals surface area contributed by atoms with Gasteiger partial charge in [-0.15, -0.1) is 0 Å². The summed E-state index contributed by atoms with van der Waals surface area (Å²) in [5, 5.41) is 3.59. The minimum Gasteiger partial charge on any atom is -0.352 e. The summed E-state index contributed by atoms with van der Waals surface area (Å²) in [5.74, 6) is 0.0225. The van der Waals surface area contributed by atoms with Gasteiger partial charge in [0, 0.05) is 11.6 Å². The van der Waals surface area contributed by atoms with Crippen molar-refractivity contribution >= 4 is 17.5 Å². The molecule has 0 heterocycles. The number of amides is 1. The summed E-state index contributed by atoms with van der Waals surface area (Å²) in [7, 11) is 0. The second-order valence-corrected chi connectivity index (χ2v) is 4.95. The Morgan fingerprint density at radius 2 is 1.95 bits per heavy atom.